The van der Waals surface area contributed by atoms with Crippen molar-refractivity contribution in [2.45, 2.75) is 78.0 Å². The Balaban J connectivity index is 1.67. The monoisotopic (exact) mass is 504 g/mol. The molecule has 10 heteroatoms. The van der Waals surface area contributed by atoms with Crippen molar-refractivity contribution in [3.63, 3.8) is 0 Å². The van der Waals surface area contributed by atoms with E-state index in [0.29, 0.717) is 18.4 Å². The van der Waals surface area contributed by atoms with Gasteiger partial charge in [0.25, 0.3) is 0 Å². The Hall–Kier alpha value is -3.27. The SMILES string of the molecule is CC(C)Oc1cc(F)ccc1-c1cc(NC(=O)[C@H]2CCC[C@@H](NNC(=O)OC(C)(C)C)C2)ncc1F. The van der Waals surface area contributed by atoms with E-state index in [2.05, 4.69) is 21.2 Å². The van der Waals surface area contributed by atoms with Gasteiger partial charge in [-0.05, 0) is 72.1 Å². The highest BCUT2D eigenvalue weighted by molar-refractivity contribution is 5.92. The molecule has 196 valence electrons. The Morgan fingerprint density at radius 1 is 1.11 bits per heavy atom. The number of carbonyl (C=O) groups excluding carboxylic acids is 2. The van der Waals surface area contributed by atoms with E-state index in [1.807, 2.05) is 0 Å². The number of benzene rings is 1. The second-order valence-corrected chi connectivity index (χ2v) is 10.2. The molecule has 0 radical (unpaired) electrons. The fourth-order valence-electron chi connectivity index (χ4n) is 4.04. The lowest BCUT2D eigenvalue weighted by Crippen LogP contribution is -2.48. The van der Waals surface area contributed by atoms with Crippen molar-refractivity contribution in [1.82, 2.24) is 15.8 Å². The molecule has 36 heavy (non-hydrogen) atoms. The number of nitrogens with one attached hydrogen (secondary N) is 3. The van der Waals surface area contributed by atoms with Crippen molar-refractivity contribution in [3.8, 4) is 16.9 Å². The van der Waals surface area contributed by atoms with E-state index < -0.39 is 23.3 Å². The molecule has 1 heterocycles. The number of hydrazine groups is 1. The highest BCUT2D eigenvalue weighted by atomic mass is 19.1. The Morgan fingerprint density at radius 2 is 1.86 bits per heavy atom. The number of amides is 2. The van der Waals surface area contributed by atoms with Gasteiger partial charge in [0.15, 0.2) is 0 Å². The minimum Gasteiger partial charge on any atom is -0.490 e. The molecule has 1 saturated carbocycles. The van der Waals surface area contributed by atoms with Crippen LogP contribution in [0.1, 0.15) is 60.3 Å². The molecule has 0 unspecified atom stereocenters. The molecule has 0 saturated heterocycles. The molecule has 2 atom stereocenters. The molecule has 2 amide bonds. The molecule has 8 nitrogen and oxygen atoms in total. The minimum absolute atomic E-state index is 0.103. The number of pyridine rings is 1. The van der Waals surface area contributed by atoms with Gasteiger partial charge in [-0.25, -0.2) is 24.0 Å². The summed E-state index contributed by atoms with van der Waals surface area (Å²) in [5, 5.41) is 2.77. The van der Waals surface area contributed by atoms with Gasteiger partial charge in [-0.2, -0.15) is 0 Å². The minimum atomic E-state index is -0.622. The van der Waals surface area contributed by atoms with E-state index in [1.54, 1.807) is 34.6 Å². The summed E-state index contributed by atoms with van der Waals surface area (Å²) in [5.74, 6) is -1.31. The van der Waals surface area contributed by atoms with E-state index in [9.17, 15) is 18.4 Å². The summed E-state index contributed by atoms with van der Waals surface area (Å²) in [6, 6.07) is 5.17. The van der Waals surface area contributed by atoms with Gasteiger partial charge in [0, 0.05) is 29.2 Å². The Labute approximate surface area is 210 Å². The first-order valence-corrected chi connectivity index (χ1v) is 12.1. The van der Waals surface area contributed by atoms with E-state index >= 15 is 0 Å². The second-order valence-electron chi connectivity index (χ2n) is 10.2. The van der Waals surface area contributed by atoms with Crippen molar-refractivity contribution in [3.05, 3.63) is 42.1 Å². The van der Waals surface area contributed by atoms with Crippen LogP contribution in [0.3, 0.4) is 0 Å². The molecule has 3 rings (SSSR count). The number of hydrogen-bond acceptors (Lipinski definition) is 6. The van der Waals surface area contributed by atoms with Crippen LogP contribution in [0.15, 0.2) is 30.5 Å². The Kier molecular flexibility index (Phi) is 8.84. The van der Waals surface area contributed by atoms with Gasteiger partial charge in [-0.1, -0.05) is 6.42 Å². The molecule has 1 aliphatic carbocycles. The predicted molar refractivity (Wildman–Crippen MR) is 132 cm³/mol. The topological polar surface area (TPSA) is 102 Å². The third kappa shape index (κ3) is 7.87. The zero-order valence-electron chi connectivity index (χ0n) is 21.3. The van der Waals surface area contributed by atoms with E-state index in [-0.39, 0.29) is 41.1 Å². The molecule has 1 aromatic heterocycles. The summed E-state index contributed by atoms with van der Waals surface area (Å²) in [7, 11) is 0. The first-order valence-electron chi connectivity index (χ1n) is 12.1. The van der Waals surface area contributed by atoms with Gasteiger partial charge in [-0.15, -0.1) is 0 Å². The molecule has 2 aromatic rings. The maximum absolute atomic E-state index is 14.7. The second kappa shape index (κ2) is 11.6. The summed E-state index contributed by atoms with van der Waals surface area (Å²) >= 11 is 0. The van der Waals surface area contributed by atoms with Crippen molar-refractivity contribution < 1.29 is 27.8 Å². The standard InChI is InChI=1S/C26H34F2N4O4/c1-15(2)35-22-12-17(27)9-10-19(22)20-13-23(29-14-21(20)28)30-24(33)16-7-6-8-18(11-16)31-32-25(34)36-26(3,4)5/h9-10,12-16,18,31H,6-8,11H2,1-5H3,(H,32,34)(H,29,30,33)/t16-,18+/m0/s1. The quantitative estimate of drug-likeness (QED) is 0.440. The number of hydrogen-bond donors (Lipinski definition) is 3. The number of ether oxygens (including phenoxy) is 2. The van der Waals surface area contributed by atoms with Crippen molar-refractivity contribution in [1.29, 1.82) is 0 Å². The van der Waals surface area contributed by atoms with Crippen molar-refractivity contribution >= 4 is 17.8 Å². The van der Waals surface area contributed by atoms with Crippen molar-refractivity contribution in [2.24, 2.45) is 5.92 Å². The zero-order chi connectivity index (χ0) is 26.5. The lowest BCUT2D eigenvalue weighted by molar-refractivity contribution is -0.121. The normalized spacial score (nSPS) is 18.0. The van der Waals surface area contributed by atoms with Crippen LogP contribution in [0.25, 0.3) is 11.1 Å². The Bertz CT molecular complexity index is 1090. The average Bonchev–Trinajstić information content (AvgIpc) is 2.78. The van der Waals surface area contributed by atoms with Crippen LogP contribution in [0.4, 0.5) is 19.4 Å². The third-order valence-corrected chi connectivity index (χ3v) is 5.53. The van der Waals surface area contributed by atoms with Gasteiger partial charge in [0.2, 0.25) is 5.91 Å². The number of rotatable bonds is 7. The number of anilines is 1. The average molecular weight is 505 g/mol. The summed E-state index contributed by atoms with van der Waals surface area (Å²) < 4.78 is 39.4. The molecule has 1 aliphatic rings. The number of aromatic nitrogens is 1. The van der Waals surface area contributed by atoms with Crippen molar-refractivity contribution in [2.75, 3.05) is 5.32 Å². The number of halogens is 2. The molecular formula is C26H34F2N4O4. The van der Waals surface area contributed by atoms with E-state index in [1.165, 1.54) is 24.3 Å². The molecule has 0 aliphatic heterocycles. The van der Waals surface area contributed by atoms with Gasteiger partial charge < -0.3 is 14.8 Å². The zero-order valence-corrected chi connectivity index (χ0v) is 21.3. The molecule has 3 N–H and O–H groups in total. The van der Waals surface area contributed by atoms with E-state index in [4.69, 9.17) is 9.47 Å². The van der Waals surface area contributed by atoms with Crippen LogP contribution in [0.2, 0.25) is 0 Å². The molecule has 1 fully saturated rings. The third-order valence-electron chi connectivity index (χ3n) is 5.53. The maximum Gasteiger partial charge on any atom is 0.422 e. The molecular weight excluding hydrogens is 470 g/mol. The highest BCUT2D eigenvalue weighted by Gasteiger charge is 2.28. The summed E-state index contributed by atoms with van der Waals surface area (Å²) in [4.78, 5) is 28.9. The first-order chi connectivity index (χ1) is 16.9. The van der Waals surface area contributed by atoms with Crippen LogP contribution in [-0.4, -0.2) is 34.7 Å². The predicted octanol–water partition coefficient (Wildman–Crippen LogP) is 5.34. The molecule has 0 spiro atoms. The summed E-state index contributed by atoms with van der Waals surface area (Å²) in [6.07, 6.45) is 2.95. The van der Waals surface area contributed by atoms with Crippen LogP contribution in [0, 0.1) is 17.6 Å². The molecule has 0 bridgehead atoms. The molecule has 1 aromatic carbocycles. The van der Waals surface area contributed by atoms with Crippen LogP contribution < -0.4 is 20.9 Å². The summed E-state index contributed by atoms with van der Waals surface area (Å²) in [5.41, 5.74) is 5.36. The lowest BCUT2D eigenvalue weighted by Gasteiger charge is -2.29. The smallest absolute Gasteiger partial charge is 0.422 e. The number of carbonyl (C=O) groups is 2. The fraction of sp³-hybridized carbons (Fsp3) is 0.500. The van der Waals surface area contributed by atoms with E-state index in [0.717, 1.165) is 19.0 Å². The van der Waals surface area contributed by atoms with Crippen LogP contribution >= 0.6 is 0 Å². The first kappa shape index (κ1) is 27.3. The fourth-order valence-corrected chi connectivity index (χ4v) is 4.04. The van der Waals surface area contributed by atoms with Gasteiger partial charge >= 0.3 is 6.09 Å². The van der Waals surface area contributed by atoms with Crippen LogP contribution in [0.5, 0.6) is 5.75 Å². The lowest BCUT2D eigenvalue weighted by atomic mass is 9.85. The van der Waals surface area contributed by atoms with Crippen LogP contribution in [-0.2, 0) is 9.53 Å². The van der Waals surface area contributed by atoms with Gasteiger partial charge in [0.05, 0.1) is 12.3 Å². The van der Waals surface area contributed by atoms with Gasteiger partial charge in [0.1, 0.15) is 28.8 Å². The number of nitrogens with zero attached hydrogens (tertiary/aromatic N) is 1. The maximum atomic E-state index is 14.7. The highest BCUT2D eigenvalue weighted by Crippen LogP contribution is 2.34. The Morgan fingerprint density at radius 3 is 2.56 bits per heavy atom. The summed E-state index contributed by atoms with van der Waals surface area (Å²) in [6.45, 7) is 8.90. The van der Waals surface area contributed by atoms with Gasteiger partial charge in [-0.3, -0.25) is 10.2 Å². The largest absolute Gasteiger partial charge is 0.490 e.